The normalized spacial score (nSPS) is 23.2. The molecule has 8 heteroatoms. The van der Waals surface area contributed by atoms with Crippen molar-refractivity contribution < 1.29 is 24.2 Å². The first kappa shape index (κ1) is 20.4. The van der Waals surface area contributed by atoms with Crippen LogP contribution in [0, 0.1) is 0 Å². The van der Waals surface area contributed by atoms with Crippen LogP contribution < -0.4 is 4.74 Å². The molecule has 0 radical (unpaired) electrons. The standard InChI is InChI=1S/C22H21ClN2O5/c1-29-17-8-7-13(11-15(17)23)20(26)18-19(16-6-2-3-9-24-16)25(22(28)21(18)27)12-14-5-4-10-30-14/h2-3,6-9,11,14,19,26H,4-5,10,12H2,1H3/b20-18-. The van der Waals surface area contributed by atoms with Gasteiger partial charge in [0.1, 0.15) is 17.6 Å². The maximum absolute atomic E-state index is 13.0. The number of ether oxygens (including phenoxy) is 2. The molecule has 1 N–H and O–H groups in total. The Bertz CT molecular complexity index is 1000. The lowest BCUT2D eigenvalue weighted by atomic mass is 9.98. The quantitative estimate of drug-likeness (QED) is 0.446. The van der Waals surface area contributed by atoms with Crippen LogP contribution in [-0.2, 0) is 14.3 Å². The molecule has 0 bridgehead atoms. The predicted octanol–water partition coefficient (Wildman–Crippen LogP) is 3.34. The summed E-state index contributed by atoms with van der Waals surface area (Å²) in [7, 11) is 1.48. The van der Waals surface area contributed by atoms with Crippen LogP contribution in [0.15, 0.2) is 48.2 Å². The third-order valence-corrected chi connectivity index (χ3v) is 5.65. The van der Waals surface area contributed by atoms with Gasteiger partial charge in [0.2, 0.25) is 0 Å². The van der Waals surface area contributed by atoms with Crippen molar-refractivity contribution in [3.05, 3.63) is 64.4 Å². The molecule has 4 rings (SSSR count). The zero-order chi connectivity index (χ0) is 21.3. The van der Waals surface area contributed by atoms with Gasteiger partial charge in [0.25, 0.3) is 11.7 Å². The number of aromatic nitrogens is 1. The van der Waals surface area contributed by atoms with Crippen molar-refractivity contribution in [1.29, 1.82) is 0 Å². The molecule has 7 nitrogen and oxygen atoms in total. The molecule has 0 aliphatic carbocycles. The van der Waals surface area contributed by atoms with Gasteiger partial charge in [-0.2, -0.15) is 0 Å². The third kappa shape index (κ3) is 3.66. The summed E-state index contributed by atoms with van der Waals surface area (Å²) in [4.78, 5) is 31.6. The number of methoxy groups -OCH3 is 1. The first-order valence-corrected chi connectivity index (χ1v) is 10.0. The number of ketones is 1. The summed E-state index contributed by atoms with van der Waals surface area (Å²) < 4.78 is 10.8. The van der Waals surface area contributed by atoms with E-state index in [0.717, 1.165) is 12.8 Å². The van der Waals surface area contributed by atoms with Crippen molar-refractivity contribution >= 4 is 29.1 Å². The molecule has 2 atom stereocenters. The SMILES string of the molecule is COc1ccc(/C(O)=C2/C(=O)C(=O)N(CC3CCCO3)C2c2ccccn2)cc1Cl. The van der Waals surface area contributed by atoms with E-state index in [2.05, 4.69) is 4.98 Å². The second-order valence-corrected chi connectivity index (χ2v) is 7.60. The van der Waals surface area contributed by atoms with Crippen molar-refractivity contribution in [2.24, 2.45) is 0 Å². The van der Waals surface area contributed by atoms with Crippen LogP contribution in [0.25, 0.3) is 5.76 Å². The number of aliphatic hydroxyl groups excluding tert-OH is 1. The Balaban J connectivity index is 1.81. The van der Waals surface area contributed by atoms with Crippen LogP contribution in [0.1, 0.15) is 30.1 Å². The van der Waals surface area contributed by atoms with E-state index < -0.39 is 17.7 Å². The molecule has 2 unspecified atom stereocenters. The number of Topliss-reactive ketones (excluding diaryl/α,β-unsaturated/α-hetero) is 1. The maximum atomic E-state index is 13.0. The summed E-state index contributed by atoms with van der Waals surface area (Å²) in [5.74, 6) is -1.30. The van der Waals surface area contributed by atoms with E-state index in [0.29, 0.717) is 23.6 Å². The molecule has 2 aliphatic rings. The highest BCUT2D eigenvalue weighted by molar-refractivity contribution is 6.46. The van der Waals surface area contributed by atoms with Gasteiger partial charge in [-0.3, -0.25) is 14.6 Å². The van der Waals surface area contributed by atoms with Gasteiger partial charge in [-0.1, -0.05) is 17.7 Å². The van der Waals surface area contributed by atoms with Crippen molar-refractivity contribution in [3.63, 3.8) is 0 Å². The average molecular weight is 429 g/mol. The summed E-state index contributed by atoms with van der Waals surface area (Å²) in [5.41, 5.74) is 0.797. The van der Waals surface area contributed by atoms with Crippen LogP contribution in [0.3, 0.4) is 0 Å². The number of benzene rings is 1. The van der Waals surface area contributed by atoms with E-state index in [9.17, 15) is 14.7 Å². The fourth-order valence-electron chi connectivity index (χ4n) is 3.89. The Hall–Kier alpha value is -2.90. The van der Waals surface area contributed by atoms with Crippen molar-refractivity contribution in [3.8, 4) is 5.75 Å². The van der Waals surface area contributed by atoms with E-state index in [4.69, 9.17) is 21.1 Å². The number of rotatable bonds is 5. The number of likely N-dealkylation sites (tertiary alicyclic amines) is 1. The van der Waals surface area contributed by atoms with Gasteiger partial charge in [0, 0.05) is 24.9 Å². The lowest BCUT2D eigenvalue weighted by Gasteiger charge is -2.26. The zero-order valence-corrected chi connectivity index (χ0v) is 17.1. The molecule has 30 heavy (non-hydrogen) atoms. The number of nitrogens with zero attached hydrogens (tertiary/aromatic N) is 2. The lowest BCUT2D eigenvalue weighted by Crippen LogP contribution is -2.36. The molecular weight excluding hydrogens is 408 g/mol. The van der Waals surface area contributed by atoms with Gasteiger partial charge < -0.3 is 19.5 Å². The van der Waals surface area contributed by atoms with Crippen molar-refractivity contribution in [2.75, 3.05) is 20.3 Å². The summed E-state index contributed by atoms with van der Waals surface area (Å²) >= 11 is 6.19. The second-order valence-electron chi connectivity index (χ2n) is 7.19. The van der Waals surface area contributed by atoms with Gasteiger partial charge in [-0.25, -0.2) is 0 Å². The minimum Gasteiger partial charge on any atom is -0.507 e. The molecule has 0 spiro atoms. The summed E-state index contributed by atoms with van der Waals surface area (Å²) in [6, 6.07) is 9.12. The van der Waals surface area contributed by atoms with Crippen LogP contribution in [0.5, 0.6) is 5.75 Å². The molecule has 0 saturated carbocycles. The number of amides is 1. The topological polar surface area (TPSA) is 89.0 Å². The largest absolute Gasteiger partial charge is 0.507 e. The lowest BCUT2D eigenvalue weighted by molar-refractivity contribution is -0.140. The monoisotopic (exact) mass is 428 g/mol. The number of hydrogen-bond acceptors (Lipinski definition) is 6. The molecule has 2 aliphatic heterocycles. The molecule has 1 aromatic carbocycles. The molecule has 1 amide bonds. The molecular formula is C22H21ClN2O5. The fraction of sp³-hybridized carbons (Fsp3) is 0.318. The number of carbonyl (C=O) groups excluding carboxylic acids is 2. The molecule has 2 aromatic rings. The van der Waals surface area contributed by atoms with Crippen LogP contribution in [-0.4, -0.2) is 53.0 Å². The van der Waals surface area contributed by atoms with Crippen LogP contribution in [0.2, 0.25) is 5.02 Å². The number of hydrogen-bond donors (Lipinski definition) is 1. The average Bonchev–Trinajstić information content (AvgIpc) is 3.36. The molecule has 3 heterocycles. The summed E-state index contributed by atoms with van der Waals surface area (Å²) in [6.07, 6.45) is 3.16. The third-order valence-electron chi connectivity index (χ3n) is 5.36. The van der Waals surface area contributed by atoms with Crippen molar-refractivity contribution in [1.82, 2.24) is 9.88 Å². The maximum Gasteiger partial charge on any atom is 0.295 e. The molecule has 156 valence electrons. The smallest absolute Gasteiger partial charge is 0.295 e. The van der Waals surface area contributed by atoms with Gasteiger partial charge in [0.15, 0.2) is 0 Å². The number of halogens is 1. The predicted molar refractivity (Wildman–Crippen MR) is 110 cm³/mol. The van der Waals surface area contributed by atoms with Gasteiger partial charge in [0.05, 0.1) is 29.5 Å². The van der Waals surface area contributed by atoms with Gasteiger partial charge in [-0.05, 0) is 43.2 Å². The van der Waals surface area contributed by atoms with E-state index in [-0.39, 0.29) is 29.0 Å². The minimum absolute atomic E-state index is 0.0158. The summed E-state index contributed by atoms with van der Waals surface area (Å²) in [6.45, 7) is 0.888. The first-order valence-electron chi connectivity index (χ1n) is 9.66. The molecule has 2 saturated heterocycles. The summed E-state index contributed by atoms with van der Waals surface area (Å²) in [5, 5.41) is 11.3. The Morgan fingerprint density at radius 3 is 2.80 bits per heavy atom. The highest BCUT2D eigenvalue weighted by Crippen LogP contribution is 2.40. The van der Waals surface area contributed by atoms with E-state index >= 15 is 0 Å². The number of pyridine rings is 1. The molecule has 1 aromatic heterocycles. The van der Waals surface area contributed by atoms with E-state index in [1.165, 1.54) is 18.1 Å². The number of aliphatic hydroxyl groups is 1. The Labute approximate surface area is 178 Å². The van der Waals surface area contributed by atoms with Gasteiger partial charge >= 0.3 is 0 Å². The van der Waals surface area contributed by atoms with E-state index in [1.807, 2.05) is 0 Å². The zero-order valence-electron chi connectivity index (χ0n) is 16.4. The Morgan fingerprint density at radius 2 is 2.17 bits per heavy atom. The van der Waals surface area contributed by atoms with E-state index in [1.54, 1.807) is 36.5 Å². The van der Waals surface area contributed by atoms with Crippen molar-refractivity contribution in [2.45, 2.75) is 25.0 Å². The Morgan fingerprint density at radius 1 is 1.33 bits per heavy atom. The fourth-order valence-corrected chi connectivity index (χ4v) is 4.15. The van der Waals surface area contributed by atoms with Gasteiger partial charge in [-0.15, -0.1) is 0 Å². The second kappa shape index (κ2) is 8.45. The van der Waals surface area contributed by atoms with Crippen LogP contribution in [0.4, 0.5) is 0 Å². The van der Waals surface area contributed by atoms with Crippen LogP contribution >= 0.6 is 11.6 Å². The number of carbonyl (C=O) groups is 2. The highest BCUT2D eigenvalue weighted by atomic mass is 35.5. The minimum atomic E-state index is -0.809. The molecule has 2 fully saturated rings. The first-order chi connectivity index (χ1) is 14.5. The highest BCUT2D eigenvalue weighted by Gasteiger charge is 2.47. The Kier molecular flexibility index (Phi) is 5.74.